The Morgan fingerprint density at radius 1 is 0.923 bits per heavy atom. The van der Waals surface area contributed by atoms with Crippen LogP contribution in [-0.4, -0.2) is 32.3 Å². The summed E-state index contributed by atoms with van der Waals surface area (Å²) >= 11 is 12.3. The molecule has 1 aromatic heterocycles. The van der Waals surface area contributed by atoms with E-state index in [1.165, 1.54) is 19.3 Å². The molecule has 0 N–H and O–H groups in total. The van der Waals surface area contributed by atoms with Gasteiger partial charge in [0.25, 0.3) is 0 Å². The van der Waals surface area contributed by atoms with Crippen molar-refractivity contribution < 1.29 is 0 Å². The highest BCUT2D eigenvalue weighted by Gasteiger charge is 2.18. The van der Waals surface area contributed by atoms with E-state index < -0.39 is 0 Å². The number of para-hydroxylation sites is 1. The zero-order valence-electron chi connectivity index (χ0n) is 14.5. The van der Waals surface area contributed by atoms with E-state index in [4.69, 9.17) is 28.9 Å². The van der Waals surface area contributed by atoms with Crippen LogP contribution in [0.2, 0.25) is 5.02 Å². The van der Waals surface area contributed by atoms with Gasteiger partial charge in [0.2, 0.25) is 4.77 Å². The van der Waals surface area contributed by atoms with Crippen molar-refractivity contribution in [1.82, 2.24) is 19.2 Å². The Hall–Kier alpha value is -1.95. The third-order valence-electron chi connectivity index (χ3n) is 4.75. The van der Waals surface area contributed by atoms with Gasteiger partial charge in [-0.2, -0.15) is 0 Å². The van der Waals surface area contributed by atoms with Crippen LogP contribution in [0.3, 0.4) is 0 Å². The molecule has 0 atom stereocenters. The molecule has 0 unspecified atom stereocenters. The Balaban J connectivity index is 1.82. The summed E-state index contributed by atoms with van der Waals surface area (Å²) in [5, 5.41) is 5.54. The molecule has 4 nitrogen and oxygen atoms in total. The highest BCUT2D eigenvalue weighted by Crippen LogP contribution is 2.29. The van der Waals surface area contributed by atoms with E-state index in [1.807, 2.05) is 63.8 Å². The van der Waals surface area contributed by atoms with Crippen molar-refractivity contribution in [2.45, 2.75) is 25.9 Å². The Bertz CT molecular complexity index is 942. The summed E-state index contributed by atoms with van der Waals surface area (Å²) in [6.45, 7) is 2.92. The number of piperidine rings is 1. The molecule has 1 aliphatic heterocycles. The molecule has 1 fully saturated rings. The van der Waals surface area contributed by atoms with Crippen molar-refractivity contribution >= 4 is 23.8 Å². The lowest BCUT2D eigenvalue weighted by molar-refractivity contribution is 0.172. The zero-order chi connectivity index (χ0) is 17.9. The SMILES string of the molecule is S=c1n(CN2CCCCC2)nc(-c2ccccc2Cl)n1-c1ccccc1. The van der Waals surface area contributed by atoms with E-state index in [0.717, 1.165) is 36.8 Å². The van der Waals surface area contributed by atoms with E-state index in [1.54, 1.807) is 0 Å². The standard InChI is InChI=1S/C20H21ClN4S/c21-18-12-6-5-11-17(18)19-22-24(15-23-13-7-2-8-14-23)20(26)25(19)16-9-3-1-4-10-16/h1,3-6,9-12H,2,7-8,13-15H2. The first-order chi connectivity index (χ1) is 12.7. The molecule has 3 aromatic rings. The highest BCUT2D eigenvalue weighted by molar-refractivity contribution is 7.71. The van der Waals surface area contributed by atoms with Gasteiger partial charge in [-0.15, -0.1) is 5.10 Å². The van der Waals surface area contributed by atoms with Crippen LogP contribution in [-0.2, 0) is 6.67 Å². The van der Waals surface area contributed by atoms with Gasteiger partial charge in [-0.05, 0) is 62.4 Å². The van der Waals surface area contributed by atoms with E-state index in [9.17, 15) is 0 Å². The summed E-state index contributed by atoms with van der Waals surface area (Å²) in [6, 6.07) is 17.9. The maximum absolute atomic E-state index is 6.46. The first-order valence-corrected chi connectivity index (χ1v) is 9.75. The average Bonchev–Trinajstić information content (AvgIpc) is 3.00. The summed E-state index contributed by atoms with van der Waals surface area (Å²) in [5.74, 6) is 0.781. The van der Waals surface area contributed by atoms with Crippen LogP contribution in [0.5, 0.6) is 0 Å². The molecule has 1 aliphatic rings. The number of halogens is 1. The van der Waals surface area contributed by atoms with Gasteiger partial charge in [0.05, 0.1) is 11.7 Å². The van der Waals surface area contributed by atoms with E-state index in [-0.39, 0.29) is 0 Å². The molecule has 134 valence electrons. The molecule has 4 rings (SSSR count). The molecular weight excluding hydrogens is 364 g/mol. The predicted octanol–water partition coefficient (Wildman–Crippen LogP) is 5.17. The summed E-state index contributed by atoms with van der Waals surface area (Å²) in [4.78, 5) is 2.41. The average molecular weight is 385 g/mol. The minimum atomic E-state index is 0.676. The smallest absolute Gasteiger partial charge is 0.204 e. The Labute approximate surface area is 163 Å². The van der Waals surface area contributed by atoms with Crippen LogP contribution in [0.1, 0.15) is 19.3 Å². The first kappa shape index (κ1) is 17.5. The molecule has 0 aliphatic carbocycles. The molecule has 0 saturated carbocycles. The maximum atomic E-state index is 6.46. The van der Waals surface area contributed by atoms with Crippen LogP contribution < -0.4 is 0 Å². The molecular formula is C20H21ClN4S. The van der Waals surface area contributed by atoms with Crippen molar-refractivity contribution in [3.05, 3.63) is 64.4 Å². The van der Waals surface area contributed by atoms with Crippen molar-refractivity contribution in [3.8, 4) is 17.1 Å². The Kier molecular flexibility index (Phi) is 5.20. The lowest BCUT2D eigenvalue weighted by atomic mass is 10.1. The van der Waals surface area contributed by atoms with Gasteiger partial charge >= 0.3 is 0 Å². The fourth-order valence-corrected chi connectivity index (χ4v) is 3.93. The fourth-order valence-electron chi connectivity index (χ4n) is 3.42. The number of aromatic nitrogens is 3. The summed E-state index contributed by atoms with van der Waals surface area (Å²) in [7, 11) is 0. The molecule has 0 amide bonds. The van der Waals surface area contributed by atoms with Crippen LogP contribution in [0.15, 0.2) is 54.6 Å². The minimum Gasteiger partial charge on any atom is -0.284 e. The van der Waals surface area contributed by atoms with Gasteiger partial charge in [0, 0.05) is 11.3 Å². The lowest BCUT2D eigenvalue weighted by Gasteiger charge is -2.25. The number of benzene rings is 2. The van der Waals surface area contributed by atoms with Gasteiger partial charge < -0.3 is 0 Å². The minimum absolute atomic E-state index is 0.676. The van der Waals surface area contributed by atoms with E-state index in [2.05, 4.69) is 4.90 Å². The number of hydrogen-bond acceptors (Lipinski definition) is 3. The quantitative estimate of drug-likeness (QED) is 0.580. The number of hydrogen-bond donors (Lipinski definition) is 0. The number of nitrogens with zero attached hydrogens (tertiary/aromatic N) is 4. The van der Waals surface area contributed by atoms with E-state index in [0.29, 0.717) is 9.79 Å². The second-order valence-corrected chi connectivity index (χ2v) is 7.35. The van der Waals surface area contributed by atoms with Crippen LogP contribution >= 0.6 is 23.8 Å². The summed E-state index contributed by atoms with van der Waals surface area (Å²) in [5.41, 5.74) is 1.89. The van der Waals surface area contributed by atoms with Crippen LogP contribution in [0.25, 0.3) is 17.1 Å². The number of likely N-dealkylation sites (tertiary alicyclic amines) is 1. The summed E-state index contributed by atoms with van der Waals surface area (Å²) in [6.07, 6.45) is 3.79. The third kappa shape index (κ3) is 3.47. The zero-order valence-corrected chi connectivity index (χ0v) is 16.1. The molecule has 26 heavy (non-hydrogen) atoms. The Morgan fingerprint density at radius 3 is 2.35 bits per heavy atom. The Morgan fingerprint density at radius 2 is 1.62 bits per heavy atom. The second-order valence-electron chi connectivity index (χ2n) is 6.58. The normalized spacial score (nSPS) is 15.3. The van der Waals surface area contributed by atoms with Crippen LogP contribution in [0, 0.1) is 4.77 Å². The molecule has 1 saturated heterocycles. The molecule has 2 heterocycles. The largest absolute Gasteiger partial charge is 0.284 e. The van der Waals surface area contributed by atoms with Gasteiger partial charge in [-0.1, -0.05) is 48.4 Å². The van der Waals surface area contributed by atoms with Crippen molar-refractivity contribution in [1.29, 1.82) is 0 Å². The topological polar surface area (TPSA) is 26.0 Å². The fraction of sp³-hybridized carbons (Fsp3) is 0.300. The van der Waals surface area contributed by atoms with Crippen molar-refractivity contribution in [3.63, 3.8) is 0 Å². The number of rotatable bonds is 4. The second kappa shape index (κ2) is 7.74. The maximum Gasteiger partial charge on any atom is 0.204 e. The molecule has 0 bridgehead atoms. The van der Waals surface area contributed by atoms with Crippen LogP contribution in [0.4, 0.5) is 0 Å². The van der Waals surface area contributed by atoms with Gasteiger partial charge in [-0.3, -0.25) is 9.47 Å². The van der Waals surface area contributed by atoms with Gasteiger partial charge in [-0.25, -0.2) is 4.68 Å². The van der Waals surface area contributed by atoms with Crippen molar-refractivity contribution in [2.75, 3.05) is 13.1 Å². The first-order valence-electron chi connectivity index (χ1n) is 8.96. The lowest BCUT2D eigenvalue weighted by Crippen LogP contribution is -2.32. The third-order valence-corrected chi connectivity index (χ3v) is 5.47. The van der Waals surface area contributed by atoms with E-state index >= 15 is 0 Å². The monoisotopic (exact) mass is 384 g/mol. The predicted molar refractivity (Wildman–Crippen MR) is 108 cm³/mol. The molecule has 0 spiro atoms. The van der Waals surface area contributed by atoms with Crippen molar-refractivity contribution in [2.24, 2.45) is 0 Å². The highest BCUT2D eigenvalue weighted by atomic mass is 35.5. The summed E-state index contributed by atoms with van der Waals surface area (Å²) < 4.78 is 4.63. The molecule has 2 aromatic carbocycles. The van der Waals surface area contributed by atoms with Gasteiger partial charge in [0.15, 0.2) is 5.82 Å². The molecule has 0 radical (unpaired) electrons. The van der Waals surface area contributed by atoms with Gasteiger partial charge in [0.1, 0.15) is 0 Å². The molecule has 6 heteroatoms.